The van der Waals surface area contributed by atoms with Crippen molar-refractivity contribution < 1.29 is 43.9 Å². The molecule has 0 unspecified atom stereocenters. The minimum atomic E-state index is -6.79. The van der Waals surface area contributed by atoms with Crippen molar-refractivity contribution >= 4 is 15.2 Å². The predicted octanol–water partition coefficient (Wildman–Crippen LogP) is 2.53. The Morgan fingerprint density at radius 3 is 0.938 bits per heavy atom. The minimum absolute atomic E-state index is 4.76. The van der Waals surface area contributed by atoms with Gasteiger partial charge in [0.15, 0.2) is 0 Å². The van der Waals surface area contributed by atoms with Crippen molar-refractivity contribution in [2.24, 2.45) is 0 Å². The van der Waals surface area contributed by atoms with Gasteiger partial charge in [0.25, 0.3) is 9.57 Å². The first kappa shape index (κ1) is 13.9. The topological polar surface area (TPSA) is 0 Å². The molecule has 1 fully saturated rings. The molecule has 0 saturated carbocycles. The molecule has 0 radical (unpaired) electrons. The molecule has 0 aliphatic carbocycles. The molecule has 0 N–H and O–H groups in total. The number of halogens is 10. The summed E-state index contributed by atoms with van der Waals surface area (Å²) < 4.78 is 123. The molecule has 0 aromatic carbocycles. The van der Waals surface area contributed by atoms with Crippen molar-refractivity contribution in [3.05, 3.63) is 0 Å². The first-order valence-corrected chi connectivity index (χ1v) is 5.01. The van der Waals surface area contributed by atoms with Crippen LogP contribution in [-0.2, 0) is 0 Å². The standard InChI is InChI=1S/C5F10.Al.H/c6-1(7)3(10,11)5(14,15)4(12,13)2(8)9;;. The van der Waals surface area contributed by atoms with Crippen molar-refractivity contribution in [1.29, 1.82) is 0 Å². The Labute approximate surface area is 87.3 Å². The largest absolute Gasteiger partial charge is 0.478 e. The van der Waals surface area contributed by atoms with Crippen molar-refractivity contribution in [3.63, 3.8) is 0 Å². The van der Waals surface area contributed by atoms with Gasteiger partial charge in [0.1, 0.15) is 0 Å². The molecule has 0 spiro atoms. The first-order chi connectivity index (χ1) is 6.71. The Bertz CT molecular complexity index is 278. The fraction of sp³-hybridized carbons (Fsp3) is 1.00. The second-order valence-corrected chi connectivity index (χ2v) is 5.44. The Balaban J connectivity index is 3.43. The third kappa shape index (κ3) is 1.30. The first-order valence-electron chi connectivity index (χ1n) is 3.60. The van der Waals surface area contributed by atoms with E-state index in [1.165, 1.54) is 0 Å². The molecule has 1 aliphatic rings. The fourth-order valence-corrected chi connectivity index (χ4v) is 2.60. The van der Waals surface area contributed by atoms with Crippen LogP contribution in [0.1, 0.15) is 0 Å². The van der Waals surface area contributed by atoms with E-state index in [2.05, 4.69) is 0 Å². The fourth-order valence-electron chi connectivity index (χ4n) is 1.16. The second-order valence-electron chi connectivity index (χ2n) is 3.31. The number of alkyl halides is 10. The van der Waals surface area contributed by atoms with E-state index in [4.69, 9.17) is 0 Å². The summed E-state index contributed by atoms with van der Waals surface area (Å²) >= 11 is -4.76. The highest BCUT2D eigenvalue weighted by atomic mass is 27.1. The van der Waals surface area contributed by atoms with Gasteiger partial charge in [-0.1, -0.05) is 0 Å². The summed E-state index contributed by atoms with van der Waals surface area (Å²) in [6, 6.07) is 0. The molecule has 16 heavy (non-hydrogen) atoms. The van der Waals surface area contributed by atoms with Crippen LogP contribution in [0.25, 0.3) is 0 Å². The summed E-state index contributed by atoms with van der Waals surface area (Å²) in [5.74, 6) is -19.7. The molecule has 0 nitrogen and oxygen atoms in total. The highest BCUT2D eigenvalue weighted by molar-refractivity contribution is 6.43. The van der Waals surface area contributed by atoms with Crippen LogP contribution >= 0.6 is 0 Å². The number of rotatable bonds is 0. The highest BCUT2D eigenvalue weighted by Crippen LogP contribution is 2.61. The SMILES string of the molecule is F[C]1(F)[AlH][C](F)(F)C(F)(F)C(F)(F)C1(F)F. The zero-order chi connectivity index (χ0) is 13.2. The van der Waals surface area contributed by atoms with E-state index in [0.29, 0.717) is 0 Å². The smallest absolute Gasteiger partial charge is 0.220 e. The van der Waals surface area contributed by atoms with Crippen LogP contribution < -0.4 is 0 Å². The third-order valence-electron chi connectivity index (χ3n) is 2.15. The molecule has 11 heteroatoms. The Hall–Kier alpha value is -0.168. The molecule has 0 bridgehead atoms. The molecule has 0 amide bonds. The lowest BCUT2D eigenvalue weighted by molar-refractivity contribution is -0.393. The van der Waals surface area contributed by atoms with E-state index in [0.717, 1.165) is 0 Å². The lowest BCUT2D eigenvalue weighted by Crippen LogP contribution is -2.77. The number of hydrogen-bond acceptors (Lipinski definition) is 0. The molecule has 0 aromatic heterocycles. The quantitative estimate of drug-likeness (QED) is 0.472. The van der Waals surface area contributed by atoms with Gasteiger partial charge in [0.05, 0.1) is 0 Å². The summed E-state index contributed by atoms with van der Waals surface area (Å²) in [6.07, 6.45) is 0. The van der Waals surface area contributed by atoms with E-state index in [-0.39, 0.29) is 0 Å². The van der Waals surface area contributed by atoms with E-state index >= 15 is 0 Å². The van der Waals surface area contributed by atoms with Crippen LogP contribution in [0.3, 0.4) is 0 Å². The Morgan fingerprint density at radius 1 is 0.438 bits per heavy atom. The van der Waals surface area contributed by atoms with Gasteiger partial charge in [-0.25, -0.2) is 17.6 Å². The van der Waals surface area contributed by atoms with Crippen LogP contribution in [-0.4, -0.2) is 42.6 Å². The van der Waals surface area contributed by atoms with Crippen LogP contribution in [0.5, 0.6) is 0 Å². The maximum atomic E-state index is 12.3. The van der Waals surface area contributed by atoms with Crippen LogP contribution in [0.15, 0.2) is 0 Å². The maximum absolute atomic E-state index is 12.3. The summed E-state index contributed by atoms with van der Waals surface area (Å²) in [4.78, 5) is -11.6. The van der Waals surface area contributed by atoms with Crippen LogP contribution in [0.4, 0.5) is 43.9 Å². The molecular weight excluding hydrogens is 277 g/mol. The summed E-state index contributed by atoms with van der Waals surface area (Å²) in [7, 11) is 0. The van der Waals surface area contributed by atoms with Crippen molar-refractivity contribution in [2.45, 2.75) is 27.3 Å². The van der Waals surface area contributed by atoms with Crippen molar-refractivity contribution in [2.75, 3.05) is 0 Å². The summed E-state index contributed by atoms with van der Waals surface area (Å²) in [5, 5.41) is 0. The lowest BCUT2D eigenvalue weighted by Gasteiger charge is -2.45. The lowest BCUT2D eigenvalue weighted by atomic mass is 10.0. The summed E-state index contributed by atoms with van der Waals surface area (Å²) in [5.41, 5.74) is 0. The molecule has 1 heterocycles. The van der Waals surface area contributed by atoms with Gasteiger partial charge in [-0.05, 0) is 0 Å². The second kappa shape index (κ2) is 2.99. The number of hydrogen-bond donors (Lipinski definition) is 0. The molecule has 1 rings (SSSR count). The molecule has 94 valence electrons. The van der Waals surface area contributed by atoms with Gasteiger partial charge < -0.3 is 0 Å². The van der Waals surface area contributed by atoms with E-state index < -0.39 is 42.6 Å². The minimum Gasteiger partial charge on any atom is -0.220 e. The predicted molar refractivity (Wildman–Crippen MR) is 31.9 cm³/mol. The maximum Gasteiger partial charge on any atom is 0.478 e. The van der Waals surface area contributed by atoms with Gasteiger partial charge in [-0.3, -0.25) is 0 Å². The van der Waals surface area contributed by atoms with Crippen LogP contribution in [0.2, 0.25) is 0 Å². The van der Waals surface area contributed by atoms with E-state index in [9.17, 15) is 43.9 Å². The van der Waals surface area contributed by atoms with Gasteiger partial charge in [-0.15, -0.1) is 0 Å². The van der Waals surface area contributed by atoms with Crippen molar-refractivity contribution in [3.8, 4) is 0 Å². The van der Waals surface area contributed by atoms with Gasteiger partial charge in [-0.2, -0.15) is 26.3 Å². The average molecular weight is 278 g/mol. The average Bonchev–Trinajstić information content (AvgIpc) is 1.98. The molecule has 1 aliphatic heterocycles. The zero-order valence-electron chi connectivity index (χ0n) is 6.99. The Kier molecular flexibility index (Phi) is 2.59. The molecule has 0 aromatic rings. The van der Waals surface area contributed by atoms with Crippen LogP contribution in [0, 0.1) is 0 Å². The zero-order valence-corrected chi connectivity index (χ0v) is 8.40. The van der Waals surface area contributed by atoms with Crippen molar-refractivity contribution in [1.82, 2.24) is 0 Å². The van der Waals surface area contributed by atoms with E-state index in [1.807, 2.05) is 0 Å². The highest BCUT2D eigenvalue weighted by Gasteiger charge is 2.92. The van der Waals surface area contributed by atoms with Gasteiger partial charge in [0, 0.05) is 0 Å². The Morgan fingerprint density at radius 2 is 0.688 bits per heavy atom. The normalized spacial score (nSPS) is 32.9. The van der Waals surface area contributed by atoms with Gasteiger partial charge in [0.2, 0.25) is 0 Å². The summed E-state index contributed by atoms with van der Waals surface area (Å²) in [6.45, 7) is 0. The van der Waals surface area contributed by atoms with E-state index in [1.54, 1.807) is 0 Å². The molecule has 0 atom stereocenters. The molecule has 1 saturated heterocycles. The molecular formula is C5HAlF10. The van der Waals surface area contributed by atoms with Gasteiger partial charge >= 0.3 is 33.0 Å². The third-order valence-corrected chi connectivity index (χ3v) is 3.93. The monoisotopic (exact) mass is 278 g/mol.